The number of alkyl halides is 1. The maximum Gasteiger partial charge on any atom is 0.253 e. The highest BCUT2D eigenvalue weighted by Gasteiger charge is 2.28. The molecule has 1 aromatic rings. The van der Waals surface area contributed by atoms with Crippen molar-refractivity contribution in [2.24, 2.45) is 0 Å². The Morgan fingerprint density at radius 2 is 2.00 bits per heavy atom. The van der Waals surface area contributed by atoms with E-state index < -0.39 is 11.4 Å². The molecule has 0 unspecified atom stereocenters. The lowest BCUT2D eigenvalue weighted by atomic mass is 9.94. The van der Waals surface area contributed by atoms with Gasteiger partial charge in [0.15, 0.2) is 0 Å². The van der Waals surface area contributed by atoms with Crippen LogP contribution in [0.15, 0.2) is 18.2 Å². The van der Waals surface area contributed by atoms with Crippen LogP contribution in [0, 0.1) is 5.82 Å². The van der Waals surface area contributed by atoms with Crippen LogP contribution >= 0.6 is 23.2 Å². The molecule has 0 spiro atoms. The lowest BCUT2D eigenvalue weighted by Gasteiger charge is -2.30. The fourth-order valence-electron chi connectivity index (χ4n) is 1.63. The lowest BCUT2D eigenvalue weighted by molar-refractivity contribution is 0.0902. The van der Waals surface area contributed by atoms with E-state index in [4.69, 9.17) is 23.2 Å². The maximum absolute atomic E-state index is 12.9. The molecule has 1 aromatic carbocycles. The van der Waals surface area contributed by atoms with Gasteiger partial charge < -0.3 is 5.32 Å². The van der Waals surface area contributed by atoms with Gasteiger partial charge in [-0.15, -0.1) is 11.6 Å². The molecule has 0 radical (unpaired) electrons. The molecule has 18 heavy (non-hydrogen) atoms. The van der Waals surface area contributed by atoms with E-state index in [1.807, 2.05) is 13.8 Å². The molecule has 0 aliphatic heterocycles. The number of hydrogen-bond acceptors (Lipinski definition) is 1. The van der Waals surface area contributed by atoms with Crippen LogP contribution in [0.2, 0.25) is 5.02 Å². The fourth-order valence-corrected chi connectivity index (χ4v) is 2.33. The number of hydrogen-bond donors (Lipinski definition) is 1. The molecule has 0 saturated heterocycles. The van der Waals surface area contributed by atoms with E-state index in [-0.39, 0.29) is 16.5 Å². The van der Waals surface area contributed by atoms with Gasteiger partial charge in [-0.05, 0) is 31.0 Å². The van der Waals surface area contributed by atoms with Gasteiger partial charge in [-0.1, -0.05) is 25.4 Å². The molecule has 0 aromatic heterocycles. The van der Waals surface area contributed by atoms with Gasteiger partial charge in [0.2, 0.25) is 0 Å². The summed E-state index contributed by atoms with van der Waals surface area (Å²) in [6.45, 7) is 3.91. The highest BCUT2D eigenvalue weighted by Crippen LogP contribution is 2.21. The smallest absolute Gasteiger partial charge is 0.253 e. The number of carbonyl (C=O) groups is 1. The molecule has 0 fully saturated rings. The normalized spacial score (nSPS) is 11.4. The first-order chi connectivity index (χ1) is 8.48. The number of benzene rings is 1. The summed E-state index contributed by atoms with van der Waals surface area (Å²) >= 11 is 11.8. The first-order valence-corrected chi connectivity index (χ1v) is 6.72. The van der Waals surface area contributed by atoms with Crippen LogP contribution in [-0.2, 0) is 0 Å². The molecule has 5 heteroatoms. The first kappa shape index (κ1) is 15.3. The van der Waals surface area contributed by atoms with Crippen LogP contribution in [0.5, 0.6) is 0 Å². The monoisotopic (exact) mass is 291 g/mol. The zero-order valence-corrected chi connectivity index (χ0v) is 11.9. The number of halogens is 3. The summed E-state index contributed by atoms with van der Waals surface area (Å²) in [5.41, 5.74) is -0.189. The van der Waals surface area contributed by atoms with Gasteiger partial charge in [0.1, 0.15) is 5.82 Å². The van der Waals surface area contributed by atoms with Crippen molar-refractivity contribution in [1.82, 2.24) is 5.32 Å². The summed E-state index contributed by atoms with van der Waals surface area (Å²) in [6.07, 6.45) is 1.44. The Kier molecular flexibility index (Phi) is 5.42. The van der Waals surface area contributed by atoms with Crippen molar-refractivity contribution in [3.05, 3.63) is 34.6 Å². The summed E-state index contributed by atoms with van der Waals surface area (Å²) in [6, 6.07) is 3.70. The van der Waals surface area contributed by atoms with E-state index in [1.165, 1.54) is 12.1 Å². The molecule has 1 amide bonds. The van der Waals surface area contributed by atoms with Crippen LogP contribution in [0.25, 0.3) is 0 Å². The minimum atomic E-state index is -0.467. The standard InChI is InChI=1S/C13H16Cl2FNO/c1-3-13(4-2,8-14)17-12(18)10-6-5-9(16)7-11(10)15/h5-7H,3-4,8H2,1-2H3,(H,17,18). The van der Waals surface area contributed by atoms with Crippen molar-refractivity contribution in [3.63, 3.8) is 0 Å². The molecular weight excluding hydrogens is 276 g/mol. The largest absolute Gasteiger partial charge is 0.345 e. The molecule has 1 rings (SSSR count). The second-order valence-electron chi connectivity index (χ2n) is 4.20. The van der Waals surface area contributed by atoms with Gasteiger partial charge >= 0.3 is 0 Å². The Balaban J connectivity index is 2.94. The Morgan fingerprint density at radius 3 is 2.44 bits per heavy atom. The van der Waals surface area contributed by atoms with Gasteiger partial charge in [0, 0.05) is 5.88 Å². The average molecular weight is 292 g/mol. The quantitative estimate of drug-likeness (QED) is 0.816. The summed E-state index contributed by atoms with van der Waals surface area (Å²) < 4.78 is 12.9. The van der Waals surface area contributed by atoms with E-state index in [2.05, 4.69) is 5.32 Å². The molecule has 0 atom stereocenters. The third-order valence-electron chi connectivity index (χ3n) is 3.16. The van der Waals surface area contributed by atoms with Crippen LogP contribution in [0.3, 0.4) is 0 Å². The Bertz CT molecular complexity index is 425. The predicted molar refractivity (Wildman–Crippen MR) is 72.9 cm³/mol. The number of nitrogens with one attached hydrogen (secondary N) is 1. The third-order valence-corrected chi connectivity index (χ3v) is 3.99. The van der Waals surface area contributed by atoms with Crippen molar-refractivity contribution >= 4 is 29.1 Å². The minimum absolute atomic E-state index is 0.100. The zero-order chi connectivity index (χ0) is 13.8. The molecule has 0 saturated carbocycles. The third kappa shape index (κ3) is 3.36. The van der Waals surface area contributed by atoms with Crippen molar-refractivity contribution in [2.75, 3.05) is 5.88 Å². The summed E-state index contributed by atoms with van der Waals surface area (Å²) in [7, 11) is 0. The van der Waals surface area contributed by atoms with Crippen molar-refractivity contribution in [1.29, 1.82) is 0 Å². The average Bonchev–Trinajstić information content (AvgIpc) is 2.36. The second kappa shape index (κ2) is 6.39. The van der Waals surface area contributed by atoms with Crippen molar-refractivity contribution < 1.29 is 9.18 Å². The van der Waals surface area contributed by atoms with E-state index >= 15 is 0 Å². The predicted octanol–water partition coefficient (Wildman–Crippen LogP) is 4.01. The van der Waals surface area contributed by atoms with Gasteiger partial charge in [0.05, 0.1) is 16.1 Å². The summed E-state index contributed by atoms with van der Waals surface area (Å²) in [4.78, 5) is 12.1. The van der Waals surface area contributed by atoms with Crippen LogP contribution in [-0.4, -0.2) is 17.3 Å². The van der Waals surface area contributed by atoms with Crippen LogP contribution in [0.4, 0.5) is 4.39 Å². The Morgan fingerprint density at radius 1 is 1.39 bits per heavy atom. The Labute approximate surface area is 116 Å². The number of amides is 1. The maximum atomic E-state index is 12.9. The topological polar surface area (TPSA) is 29.1 Å². The van der Waals surface area contributed by atoms with Crippen molar-refractivity contribution in [2.45, 2.75) is 32.2 Å². The molecular formula is C13H16Cl2FNO. The molecule has 0 bridgehead atoms. The van der Waals surface area contributed by atoms with Gasteiger partial charge in [0.25, 0.3) is 5.91 Å². The van der Waals surface area contributed by atoms with Gasteiger partial charge in [-0.2, -0.15) is 0 Å². The molecule has 100 valence electrons. The van der Waals surface area contributed by atoms with E-state index in [9.17, 15) is 9.18 Å². The van der Waals surface area contributed by atoms with Crippen LogP contribution in [0.1, 0.15) is 37.0 Å². The number of carbonyl (C=O) groups excluding carboxylic acids is 1. The lowest BCUT2D eigenvalue weighted by Crippen LogP contribution is -2.49. The number of rotatable bonds is 5. The summed E-state index contributed by atoms with van der Waals surface area (Å²) in [5, 5.41) is 2.98. The van der Waals surface area contributed by atoms with Crippen molar-refractivity contribution in [3.8, 4) is 0 Å². The minimum Gasteiger partial charge on any atom is -0.345 e. The second-order valence-corrected chi connectivity index (χ2v) is 4.87. The highest BCUT2D eigenvalue weighted by atomic mass is 35.5. The molecule has 1 N–H and O–H groups in total. The molecule has 0 aliphatic rings. The highest BCUT2D eigenvalue weighted by molar-refractivity contribution is 6.33. The van der Waals surface area contributed by atoms with E-state index in [1.54, 1.807) is 0 Å². The fraction of sp³-hybridized carbons (Fsp3) is 0.462. The summed E-state index contributed by atoms with van der Waals surface area (Å²) in [5.74, 6) is -0.472. The van der Waals surface area contributed by atoms with E-state index in [0.29, 0.717) is 5.88 Å². The van der Waals surface area contributed by atoms with Crippen LogP contribution < -0.4 is 5.32 Å². The molecule has 0 heterocycles. The SMILES string of the molecule is CCC(CC)(CCl)NC(=O)c1ccc(F)cc1Cl. The molecule has 2 nitrogen and oxygen atoms in total. The van der Waals surface area contributed by atoms with E-state index in [0.717, 1.165) is 18.9 Å². The zero-order valence-electron chi connectivity index (χ0n) is 10.4. The first-order valence-electron chi connectivity index (χ1n) is 5.81. The van der Waals surface area contributed by atoms with Gasteiger partial charge in [-0.25, -0.2) is 4.39 Å². The Hall–Kier alpha value is -0.800. The molecule has 0 aliphatic carbocycles. The van der Waals surface area contributed by atoms with Gasteiger partial charge in [-0.3, -0.25) is 4.79 Å².